The van der Waals surface area contributed by atoms with Crippen LogP contribution in [0.25, 0.3) is 0 Å². The van der Waals surface area contributed by atoms with Crippen LogP contribution in [0.4, 0.5) is 5.69 Å². The Morgan fingerprint density at radius 3 is 2.95 bits per heavy atom. The first-order valence-electron chi connectivity index (χ1n) is 8.03. The van der Waals surface area contributed by atoms with Gasteiger partial charge in [-0.1, -0.05) is 0 Å². The van der Waals surface area contributed by atoms with Crippen LogP contribution < -0.4 is 9.64 Å². The van der Waals surface area contributed by atoms with E-state index < -0.39 is 0 Å². The van der Waals surface area contributed by atoms with Crippen molar-refractivity contribution in [2.75, 3.05) is 44.9 Å². The molecule has 2 aliphatic heterocycles. The average Bonchev–Trinajstić information content (AvgIpc) is 2.69. The summed E-state index contributed by atoms with van der Waals surface area (Å²) < 4.78 is 12.5. The molecular weight excluding hydrogens is 343 g/mol. The number of methoxy groups -OCH3 is 1. The molecule has 1 atom stereocenters. The summed E-state index contributed by atoms with van der Waals surface area (Å²) in [6.45, 7) is 6.80. The van der Waals surface area contributed by atoms with E-state index in [-0.39, 0.29) is 0 Å². The molecule has 0 saturated heterocycles. The van der Waals surface area contributed by atoms with Crippen molar-refractivity contribution >= 4 is 29.6 Å². The summed E-state index contributed by atoms with van der Waals surface area (Å²) in [5, 5.41) is 0. The number of ether oxygens (including phenoxy) is 2. The van der Waals surface area contributed by atoms with Crippen molar-refractivity contribution in [2.24, 2.45) is 0 Å². The van der Waals surface area contributed by atoms with Crippen LogP contribution in [-0.4, -0.2) is 58.8 Å². The normalized spacial score (nSPS) is 21.8. The van der Waals surface area contributed by atoms with E-state index in [0.717, 1.165) is 51.4 Å². The zero-order valence-corrected chi connectivity index (χ0v) is 15.3. The van der Waals surface area contributed by atoms with Gasteiger partial charge in [0.05, 0.1) is 18.3 Å². The fourth-order valence-electron chi connectivity index (χ4n) is 3.35. The summed E-state index contributed by atoms with van der Waals surface area (Å²) in [5.41, 5.74) is 4.08. The molecule has 22 heavy (non-hydrogen) atoms. The quantitative estimate of drug-likeness (QED) is 0.759. The summed E-state index contributed by atoms with van der Waals surface area (Å²) in [6.07, 6.45) is 2.18. The third-order valence-corrected chi connectivity index (χ3v) is 5.60. The minimum atomic E-state index is 0.366. The molecule has 6 heteroatoms. The Kier molecular flexibility index (Phi) is 5.00. The van der Waals surface area contributed by atoms with E-state index in [9.17, 15) is 0 Å². The molecule has 1 aromatic carbocycles. The van der Waals surface area contributed by atoms with E-state index in [1.165, 1.54) is 21.3 Å². The Labute approximate surface area is 142 Å². The van der Waals surface area contributed by atoms with E-state index in [1.807, 2.05) is 0 Å². The molecule has 0 radical (unpaired) electrons. The van der Waals surface area contributed by atoms with E-state index in [4.69, 9.17) is 9.47 Å². The molecule has 1 aromatic rings. The Morgan fingerprint density at radius 1 is 1.41 bits per heavy atom. The predicted molar refractivity (Wildman–Crippen MR) is 95.8 cm³/mol. The van der Waals surface area contributed by atoms with Crippen molar-refractivity contribution in [3.8, 4) is 5.75 Å². The second-order valence-electron chi connectivity index (χ2n) is 6.32. The lowest BCUT2D eigenvalue weighted by Crippen LogP contribution is -2.43. The lowest BCUT2D eigenvalue weighted by Gasteiger charge is -2.38. The zero-order chi connectivity index (χ0) is 15.7. The fraction of sp³-hybridized carbons (Fsp3) is 0.625. The van der Waals surface area contributed by atoms with Crippen LogP contribution in [0.3, 0.4) is 0 Å². The van der Waals surface area contributed by atoms with Crippen LogP contribution in [-0.2, 0) is 17.6 Å². The molecular formula is C16H24BBrN2O2. The molecule has 4 nitrogen and oxygen atoms in total. The first-order valence-corrected chi connectivity index (χ1v) is 8.82. The molecule has 0 aromatic heterocycles. The van der Waals surface area contributed by atoms with Crippen molar-refractivity contribution < 1.29 is 9.47 Å². The van der Waals surface area contributed by atoms with Gasteiger partial charge in [0.25, 0.3) is 0 Å². The van der Waals surface area contributed by atoms with Crippen molar-refractivity contribution in [3.05, 3.63) is 21.7 Å². The first-order chi connectivity index (χ1) is 10.6. The monoisotopic (exact) mass is 366 g/mol. The van der Waals surface area contributed by atoms with Crippen molar-refractivity contribution in [2.45, 2.75) is 25.8 Å². The van der Waals surface area contributed by atoms with Crippen LogP contribution >= 0.6 is 15.9 Å². The molecule has 0 N–H and O–H groups in total. The molecule has 3 rings (SSSR count). The summed E-state index contributed by atoms with van der Waals surface area (Å²) in [4.78, 5) is 4.82. The summed E-state index contributed by atoms with van der Waals surface area (Å²) in [5.74, 6) is 1.02. The molecule has 0 amide bonds. The van der Waals surface area contributed by atoms with Crippen molar-refractivity contribution in [1.82, 2.24) is 4.81 Å². The van der Waals surface area contributed by atoms with E-state index in [1.54, 1.807) is 7.11 Å². The highest BCUT2D eigenvalue weighted by atomic mass is 79.9. The maximum atomic E-state index is 6.03. The maximum Gasteiger partial charge on any atom is 0.185 e. The molecule has 0 saturated carbocycles. The van der Waals surface area contributed by atoms with Gasteiger partial charge in [-0.15, -0.1) is 0 Å². The Balaban J connectivity index is 2.01. The van der Waals surface area contributed by atoms with Gasteiger partial charge in [0, 0.05) is 18.1 Å². The molecule has 2 heterocycles. The van der Waals surface area contributed by atoms with Gasteiger partial charge in [-0.2, -0.15) is 0 Å². The highest BCUT2D eigenvalue weighted by Gasteiger charge is 2.29. The van der Waals surface area contributed by atoms with Crippen LogP contribution in [0.1, 0.15) is 18.1 Å². The van der Waals surface area contributed by atoms with Gasteiger partial charge in [-0.25, -0.2) is 0 Å². The van der Waals surface area contributed by atoms with Gasteiger partial charge in [0.2, 0.25) is 0 Å². The smallest absolute Gasteiger partial charge is 0.185 e. The van der Waals surface area contributed by atoms with E-state index >= 15 is 0 Å². The topological polar surface area (TPSA) is 24.9 Å². The van der Waals surface area contributed by atoms with Gasteiger partial charge >= 0.3 is 0 Å². The van der Waals surface area contributed by atoms with Crippen LogP contribution in [0, 0.1) is 0 Å². The SMILES string of the molecule is BN1CCc2cc3c(c(Br)c2CC1)N(CCOC)[C@H](C)CO3. The average molecular weight is 367 g/mol. The zero-order valence-electron chi connectivity index (χ0n) is 13.7. The van der Waals surface area contributed by atoms with Crippen LogP contribution in [0.2, 0.25) is 0 Å². The Hall–Kier alpha value is -0.715. The minimum absolute atomic E-state index is 0.366. The maximum absolute atomic E-state index is 6.03. The first kappa shape index (κ1) is 16.2. The molecule has 0 spiro atoms. The third kappa shape index (κ3) is 3.01. The van der Waals surface area contributed by atoms with Crippen LogP contribution in [0.5, 0.6) is 5.75 Å². The Bertz CT molecular complexity index is 555. The standard InChI is InChI=1S/C16H24BBrN2O2/c1-11-10-22-14-9-12-3-5-19(17)6-4-13(12)15(18)16(14)20(11)7-8-21-2/h9,11H,3-8,10,17H2,1-2H3/t11-/m1/s1. The number of nitrogens with zero attached hydrogens (tertiary/aromatic N) is 2. The number of hydrogen-bond donors (Lipinski definition) is 0. The van der Waals surface area contributed by atoms with E-state index in [2.05, 4.69) is 46.6 Å². The highest BCUT2D eigenvalue weighted by molar-refractivity contribution is 9.10. The number of hydrogen-bond acceptors (Lipinski definition) is 4. The fourth-order valence-corrected chi connectivity index (χ4v) is 4.22. The van der Waals surface area contributed by atoms with Gasteiger partial charge in [-0.05, 0) is 66.0 Å². The van der Waals surface area contributed by atoms with E-state index in [0.29, 0.717) is 6.04 Å². The minimum Gasteiger partial charge on any atom is -0.489 e. The highest BCUT2D eigenvalue weighted by Crippen LogP contribution is 2.44. The number of rotatable bonds is 3. The second-order valence-corrected chi connectivity index (χ2v) is 7.12. The van der Waals surface area contributed by atoms with Gasteiger partial charge in [0.15, 0.2) is 7.98 Å². The molecule has 0 fully saturated rings. The second kappa shape index (κ2) is 6.81. The molecule has 2 aliphatic rings. The summed E-state index contributed by atoms with van der Waals surface area (Å²) in [6, 6.07) is 2.63. The van der Waals surface area contributed by atoms with Gasteiger partial charge in [0.1, 0.15) is 12.4 Å². The third-order valence-electron chi connectivity index (χ3n) is 4.74. The number of fused-ring (bicyclic) bond motifs is 2. The lowest BCUT2D eigenvalue weighted by atomic mass is 9.99. The largest absolute Gasteiger partial charge is 0.489 e. The van der Waals surface area contributed by atoms with Crippen molar-refractivity contribution in [1.29, 1.82) is 0 Å². The summed E-state index contributed by atoms with van der Waals surface area (Å²) >= 11 is 3.89. The molecule has 0 aliphatic carbocycles. The van der Waals surface area contributed by atoms with Gasteiger partial charge < -0.3 is 19.2 Å². The summed E-state index contributed by atoms with van der Waals surface area (Å²) in [7, 11) is 3.96. The Morgan fingerprint density at radius 2 is 2.18 bits per heavy atom. The van der Waals surface area contributed by atoms with Crippen LogP contribution in [0.15, 0.2) is 10.5 Å². The predicted octanol–water partition coefficient (Wildman–Crippen LogP) is 1.63. The number of benzene rings is 1. The molecule has 0 unspecified atom stereocenters. The van der Waals surface area contributed by atoms with Crippen molar-refractivity contribution in [3.63, 3.8) is 0 Å². The molecule has 0 bridgehead atoms. The number of halogens is 1. The molecule has 120 valence electrons. The lowest BCUT2D eigenvalue weighted by molar-refractivity contribution is 0.195. The van der Waals surface area contributed by atoms with Gasteiger partial charge in [-0.3, -0.25) is 0 Å². The number of anilines is 1.